The van der Waals surface area contributed by atoms with E-state index in [2.05, 4.69) is 0 Å². The van der Waals surface area contributed by atoms with Crippen LogP contribution in [0.3, 0.4) is 0 Å². The molecule has 12 heavy (non-hydrogen) atoms. The van der Waals surface area contributed by atoms with Gasteiger partial charge in [0.15, 0.2) is 0 Å². The first kappa shape index (κ1) is 8.44. The van der Waals surface area contributed by atoms with E-state index in [0.717, 1.165) is 12.8 Å². The summed E-state index contributed by atoms with van der Waals surface area (Å²) in [5.74, 6) is 0.0167. The smallest absolute Gasteiger partial charge is 0.305 e. The van der Waals surface area contributed by atoms with Gasteiger partial charge in [0.2, 0.25) is 0 Å². The average molecular weight is 194 g/mol. The van der Waals surface area contributed by atoms with Gasteiger partial charge in [0.25, 0.3) is 0 Å². The topological polar surface area (TPSA) is 43.4 Å². The maximum atomic E-state index is 12.4. The summed E-state index contributed by atoms with van der Waals surface area (Å²) in [7, 11) is -4.38. The minimum atomic E-state index is -4.38. The summed E-state index contributed by atoms with van der Waals surface area (Å²) in [6.07, 6.45) is 2.40. The highest BCUT2D eigenvalue weighted by molar-refractivity contribution is 7.86. The molecule has 5 heteroatoms. The molecule has 2 rings (SSSR count). The molecule has 2 bridgehead atoms. The maximum Gasteiger partial charge on any atom is 0.305 e. The lowest BCUT2D eigenvalue weighted by atomic mass is 10.1. The van der Waals surface area contributed by atoms with Gasteiger partial charge < -0.3 is 4.74 Å². The van der Waals surface area contributed by atoms with Gasteiger partial charge in [0.1, 0.15) is 5.75 Å². The van der Waals surface area contributed by atoms with Crippen LogP contribution in [0.2, 0.25) is 0 Å². The second kappa shape index (κ2) is 2.42. The van der Waals surface area contributed by atoms with Gasteiger partial charge in [-0.05, 0) is 25.2 Å². The van der Waals surface area contributed by atoms with Crippen LogP contribution in [0.25, 0.3) is 0 Å². The number of rotatable bonds is 2. The van der Waals surface area contributed by atoms with Crippen molar-refractivity contribution in [2.75, 3.05) is 12.4 Å². The summed E-state index contributed by atoms with van der Waals surface area (Å²) < 4.78 is 38.5. The molecule has 2 fully saturated rings. The van der Waals surface area contributed by atoms with Crippen molar-refractivity contribution in [3.05, 3.63) is 0 Å². The summed E-state index contributed by atoms with van der Waals surface area (Å²) in [6.45, 7) is 0.607. The molecular formula is C7H11FO3S. The number of fused-ring (bicyclic) bond motifs is 2. The summed E-state index contributed by atoms with van der Waals surface area (Å²) >= 11 is 0. The van der Waals surface area contributed by atoms with Crippen LogP contribution in [0.15, 0.2) is 0 Å². The lowest BCUT2D eigenvalue weighted by Gasteiger charge is -2.24. The van der Waals surface area contributed by atoms with E-state index in [4.69, 9.17) is 4.74 Å². The van der Waals surface area contributed by atoms with Gasteiger partial charge in [-0.2, -0.15) is 8.42 Å². The number of hydrogen-bond donors (Lipinski definition) is 0. The second-order valence-corrected chi connectivity index (χ2v) is 5.15. The Kier molecular flexibility index (Phi) is 1.70. The summed E-state index contributed by atoms with van der Waals surface area (Å²) in [5.41, 5.74) is -0.668. The van der Waals surface area contributed by atoms with Crippen LogP contribution in [0, 0.1) is 5.92 Å². The molecule has 1 saturated carbocycles. The highest BCUT2D eigenvalue weighted by Gasteiger charge is 2.48. The quantitative estimate of drug-likeness (QED) is 0.612. The van der Waals surface area contributed by atoms with Crippen LogP contribution in [-0.4, -0.2) is 26.4 Å². The van der Waals surface area contributed by atoms with Crippen LogP contribution in [0.4, 0.5) is 3.89 Å². The van der Waals surface area contributed by atoms with Crippen molar-refractivity contribution in [3.8, 4) is 0 Å². The number of ether oxygens (including phenoxy) is 1. The van der Waals surface area contributed by atoms with Crippen molar-refractivity contribution >= 4 is 10.2 Å². The Morgan fingerprint density at radius 3 is 2.67 bits per heavy atom. The normalized spacial score (nSPS) is 40.6. The molecular weight excluding hydrogens is 183 g/mol. The third-order valence-electron chi connectivity index (χ3n) is 2.73. The first-order valence-electron chi connectivity index (χ1n) is 4.05. The Balaban J connectivity index is 2.13. The Morgan fingerprint density at radius 2 is 2.33 bits per heavy atom. The Morgan fingerprint density at radius 1 is 1.58 bits per heavy atom. The molecule has 1 aliphatic carbocycles. The van der Waals surface area contributed by atoms with E-state index in [0.29, 0.717) is 18.9 Å². The molecule has 70 valence electrons. The van der Waals surface area contributed by atoms with Crippen LogP contribution < -0.4 is 0 Å². The molecule has 2 aliphatic rings. The molecule has 0 aromatic carbocycles. The first-order valence-corrected chi connectivity index (χ1v) is 5.61. The fraction of sp³-hybridized carbons (Fsp3) is 1.00. The molecule has 1 saturated heterocycles. The Labute approximate surface area is 71.1 Å². The monoisotopic (exact) mass is 194 g/mol. The molecule has 0 spiro atoms. The van der Waals surface area contributed by atoms with Gasteiger partial charge in [-0.3, -0.25) is 0 Å². The van der Waals surface area contributed by atoms with Crippen molar-refractivity contribution in [2.45, 2.75) is 24.9 Å². The summed E-state index contributed by atoms with van der Waals surface area (Å²) in [4.78, 5) is 0. The van der Waals surface area contributed by atoms with Gasteiger partial charge in [0, 0.05) is 0 Å². The van der Waals surface area contributed by atoms with Gasteiger partial charge in [-0.15, -0.1) is 3.89 Å². The second-order valence-electron chi connectivity index (χ2n) is 3.79. The molecule has 0 amide bonds. The first-order chi connectivity index (χ1) is 5.49. The van der Waals surface area contributed by atoms with Crippen molar-refractivity contribution < 1.29 is 17.0 Å². The van der Waals surface area contributed by atoms with Gasteiger partial charge >= 0.3 is 10.2 Å². The SMILES string of the molecule is O=S(=O)(F)CC12CCC(CO1)C2. The minimum Gasteiger partial charge on any atom is -0.374 e. The van der Waals surface area contributed by atoms with Crippen LogP contribution in [-0.2, 0) is 15.0 Å². The van der Waals surface area contributed by atoms with E-state index in [1.54, 1.807) is 0 Å². The zero-order chi connectivity index (χ0) is 8.82. The zero-order valence-corrected chi connectivity index (χ0v) is 7.44. The zero-order valence-electron chi connectivity index (χ0n) is 6.62. The molecule has 2 atom stereocenters. The van der Waals surface area contributed by atoms with Crippen LogP contribution in [0.1, 0.15) is 19.3 Å². The fourth-order valence-electron chi connectivity index (χ4n) is 2.25. The predicted molar refractivity (Wildman–Crippen MR) is 40.9 cm³/mol. The Bertz CT molecular complexity index is 277. The molecule has 0 N–H and O–H groups in total. The van der Waals surface area contributed by atoms with Gasteiger partial charge in [0.05, 0.1) is 12.2 Å². The number of halogens is 1. The molecule has 3 nitrogen and oxygen atoms in total. The standard InChI is InChI=1S/C7H11FO3S/c8-12(9,10)5-7-2-1-6(3-7)4-11-7/h6H,1-5H2. The molecule has 2 unspecified atom stereocenters. The van der Waals surface area contributed by atoms with Crippen molar-refractivity contribution in [1.82, 2.24) is 0 Å². The van der Waals surface area contributed by atoms with E-state index < -0.39 is 21.6 Å². The van der Waals surface area contributed by atoms with E-state index in [1.165, 1.54) is 0 Å². The summed E-state index contributed by atoms with van der Waals surface area (Å²) in [5, 5.41) is 0. The van der Waals surface area contributed by atoms with Crippen LogP contribution >= 0.6 is 0 Å². The highest BCUT2D eigenvalue weighted by Crippen LogP contribution is 2.44. The lowest BCUT2D eigenvalue weighted by molar-refractivity contribution is -0.0000270. The van der Waals surface area contributed by atoms with Gasteiger partial charge in [-0.25, -0.2) is 0 Å². The molecule has 1 heterocycles. The summed E-state index contributed by atoms with van der Waals surface area (Å²) in [6, 6.07) is 0. The van der Waals surface area contributed by atoms with Crippen LogP contribution in [0.5, 0.6) is 0 Å². The maximum absolute atomic E-state index is 12.4. The number of hydrogen-bond acceptors (Lipinski definition) is 3. The van der Waals surface area contributed by atoms with E-state index in [1.807, 2.05) is 0 Å². The van der Waals surface area contributed by atoms with Crippen molar-refractivity contribution in [2.24, 2.45) is 5.92 Å². The van der Waals surface area contributed by atoms with Gasteiger partial charge in [-0.1, -0.05) is 0 Å². The fourth-order valence-corrected chi connectivity index (χ4v) is 3.23. The molecule has 0 radical (unpaired) electrons. The third kappa shape index (κ3) is 1.47. The van der Waals surface area contributed by atoms with E-state index in [9.17, 15) is 12.3 Å². The van der Waals surface area contributed by atoms with E-state index in [-0.39, 0.29) is 0 Å². The minimum absolute atomic E-state index is 0.448. The molecule has 0 aromatic heterocycles. The molecule has 0 aromatic rings. The van der Waals surface area contributed by atoms with Crippen molar-refractivity contribution in [3.63, 3.8) is 0 Å². The Hall–Kier alpha value is -0.160. The third-order valence-corrected chi connectivity index (χ3v) is 3.60. The lowest BCUT2D eigenvalue weighted by Crippen LogP contribution is -2.33. The predicted octanol–water partition coefficient (Wildman–Crippen LogP) is 0.855. The largest absolute Gasteiger partial charge is 0.374 e. The van der Waals surface area contributed by atoms with E-state index >= 15 is 0 Å². The average Bonchev–Trinajstić information content (AvgIpc) is 2.40. The highest BCUT2D eigenvalue weighted by atomic mass is 32.3. The van der Waals surface area contributed by atoms with Crippen molar-refractivity contribution in [1.29, 1.82) is 0 Å². The molecule has 1 aliphatic heterocycles.